The fourth-order valence-corrected chi connectivity index (χ4v) is 3.06. The van der Waals surface area contributed by atoms with Gasteiger partial charge in [-0.1, -0.05) is 0 Å². The van der Waals surface area contributed by atoms with E-state index in [0.29, 0.717) is 11.3 Å². The van der Waals surface area contributed by atoms with Gasteiger partial charge in [-0.2, -0.15) is 5.10 Å². The standard InChI is InChI=1S/C19H20FN3O6S/c1-28-19(25)13-29-17-9-3-14(4-10-17)11-21-22-18(24)12-23(30(2,26)27)16-7-5-15(20)6-8-16/h3-11H,12-13H2,1-2H3,(H,22,24)/b21-11+. The molecule has 0 aromatic heterocycles. The van der Waals surface area contributed by atoms with Crippen LogP contribution < -0.4 is 14.5 Å². The van der Waals surface area contributed by atoms with E-state index in [-0.39, 0.29) is 12.3 Å². The van der Waals surface area contributed by atoms with Crippen LogP contribution in [0.2, 0.25) is 0 Å². The lowest BCUT2D eigenvalue weighted by Gasteiger charge is -2.21. The normalized spacial score (nSPS) is 11.2. The largest absolute Gasteiger partial charge is 0.482 e. The molecular formula is C19H20FN3O6S. The highest BCUT2D eigenvalue weighted by molar-refractivity contribution is 7.92. The van der Waals surface area contributed by atoms with E-state index in [1.807, 2.05) is 0 Å². The Bertz CT molecular complexity index is 1010. The van der Waals surface area contributed by atoms with Crippen molar-refractivity contribution in [2.45, 2.75) is 0 Å². The highest BCUT2D eigenvalue weighted by Gasteiger charge is 2.20. The zero-order valence-electron chi connectivity index (χ0n) is 16.2. The molecule has 2 rings (SSSR count). The summed E-state index contributed by atoms with van der Waals surface area (Å²) in [6.45, 7) is -0.743. The fourth-order valence-electron chi connectivity index (χ4n) is 2.20. The van der Waals surface area contributed by atoms with E-state index in [9.17, 15) is 22.4 Å². The van der Waals surface area contributed by atoms with Gasteiger partial charge in [0, 0.05) is 0 Å². The van der Waals surface area contributed by atoms with Crippen LogP contribution in [0.1, 0.15) is 5.56 Å². The highest BCUT2D eigenvalue weighted by atomic mass is 32.2. The second-order valence-corrected chi connectivity index (χ2v) is 7.88. The lowest BCUT2D eigenvalue weighted by Crippen LogP contribution is -2.39. The molecule has 0 fully saturated rings. The molecular weight excluding hydrogens is 417 g/mol. The number of hydrazone groups is 1. The van der Waals surface area contributed by atoms with Crippen molar-refractivity contribution >= 4 is 33.8 Å². The first-order chi connectivity index (χ1) is 14.2. The second-order valence-electron chi connectivity index (χ2n) is 5.97. The van der Waals surface area contributed by atoms with E-state index in [0.717, 1.165) is 22.7 Å². The van der Waals surface area contributed by atoms with Crippen LogP contribution in [0, 0.1) is 5.82 Å². The molecule has 160 valence electrons. The van der Waals surface area contributed by atoms with Crippen molar-refractivity contribution in [2.24, 2.45) is 5.10 Å². The molecule has 2 aromatic carbocycles. The number of carbonyl (C=O) groups excluding carboxylic acids is 2. The summed E-state index contributed by atoms with van der Waals surface area (Å²) >= 11 is 0. The number of hydrogen-bond acceptors (Lipinski definition) is 7. The maximum atomic E-state index is 13.1. The van der Waals surface area contributed by atoms with Gasteiger partial charge in [-0.15, -0.1) is 0 Å². The van der Waals surface area contributed by atoms with Crippen molar-refractivity contribution in [1.29, 1.82) is 0 Å². The molecule has 0 aliphatic rings. The van der Waals surface area contributed by atoms with Gasteiger partial charge in [0.15, 0.2) is 6.61 Å². The summed E-state index contributed by atoms with van der Waals surface area (Å²) in [7, 11) is -2.51. The molecule has 9 nitrogen and oxygen atoms in total. The molecule has 0 unspecified atom stereocenters. The molecule has 0 radical (unpaired) electrons. The molecule has 11 heteroatoms. The second kappa shape index (κ2) is 10.3. The lowest BCUT2D eigenvalue weighted by atomic mass is 10.2. The molecule has 0 saturated carbocycles. The number of amides is 1. The Morgan fingerprint density at radius 2 is 1.77 bits per heavy atom. The van der Waals surface area contributed by atoms with Crippen molar-refractivity contribution in [3.63, 3.8) is 0 Å². The van der Waals surface area contributed by atoms with Gasteiger partial charge < -0.3 is 9.47 Å². The number of hydrogen-bond donors (Lipinski definition) is 1. The van der Waals surface area contributed by atoms with E-state index in [1.165, 1.54) is 25.5 Å². The van der Waals surface area contributed by atoms with Crippen molar-refractivity contribution in [3.8, 4) is 5.75 Å². The third-order valence-electron chi connectivity index (χ3n) is 3.67. The van der Waals surface area contributed by atoms with E-state index in [2.05, 4.69) is 15.3 Å². The number of nitrogens with zero attached hydrogens (tertiary/aromatic N) is 2. The molecule has 0 aliphatic carbocycles. The number of sulfonamides is 1. The predicted octanol–water partition coefficient (Wildman–Crippen LogP) is 1.29. The van der Waals surface area contributed by atoms with Crippen LogP contribution in [-0.2, 0) is 24.3 Å². The lowest BCUT2D eigenvalue weighted by molar-refractivity contribution is -0.142. The summed E-state index contributed by atoms with van der Waals surface area (Å²) < 4.78 is 47.5. The minimum Gasteiger partial charge on any atom is -0.482 e. The molecule has 0 spiro atoms. The number of esters is 1. The van der Waals surface area contributed by atoms with E-state index in [1.54, 1.807) is 24.3 Å². The van der Waals surface area contributed by atoms with Gasteiger partial charge in [-0.3, -0.25) is 9.10 Å². The molecule has 0 bridgehead atoms. The zero-order valence-corrected chi connectivity index (χ0v) is 17.1. The van der Waals surface area contributed by atoms with Crippen LogP contribution in [-0.4, -0.2) is 53.0 Å². The van der Waals surface area contributed by atoms with Crippen LogP contribution in [0.5, 0.6) is 5.75 Å². The van der Waals surface area contributed by atoms with E-state index < -0.39 is 34.3 Å². The van der Waals surface area contributed by atoms with Crippen molar-refractivity contribution < 1.29 is 31.9 Å². The van der Waals surface area contributed by atoms with Crippen LogP contribution in [0.3, 0.4) is 0 Å². The number of carbonyl (C=O) groups is 2. The summed E-state index contributed by atoms with van der Waals surface area (Å²) in [5.74, 6) is -1.26. The summed E-state index contributed by atoms with van der Waals surface area (Å²) in [4.78, 5) is 23.1. The van der Waals surface area contributed by atoms with Crippen LogP contribution >= 0.6 is 0 Å². The van der Waals surface area contributed by atoms with E-state index >= 15 is 0 Å². The molecule has 30 heavy (non-hydrogen) atoms. The minimum absolute atomic E-state index is 0.153. The quantitative estimate of drug-likeness (QED) is 0.359. The third-order valence-corrected chi connectivity index (χ3v) is 4.81. The first kappa shape index (κ1) is 22.8. The van der Waals surface area contributed by atoms with Crippen molar-refractivity contribution in [2.75, 3.05) is 30.8 Å². The Labute approximate surface area is 173 Å². The Kier molecular flexibility index (Phi) is 7.87. The predicted molar refractivity (Wildman–Crippen MR) is 108 cm³/mol. The van der Waals surface area contributed by atoms with Gasteiger partial charge >= 0.3 is 5.97 Å². The molecule has 0 saturated heterocycles. The Morgan fingerprint density at radius 1 is 1.13 bits per heavy atom. The molecule has 2 aromatic rings. The zero-order chi connectivity index (χ0) is 22.1. The van der Waals surface area contributed by atoms with Crippen molar-refractivity contribution in [3.05, 3.63) is 59.9 Å². The number of rotatable bonds is 9. The smallest absolute Gasteiger partial charge is 0.343 e. The fraction of sp³-hybridized carbons (Fsp3) is 0.211. The summed E-state index contributed by atoms with van der Waals surface area (Å²) in [5, 5.41) is 3.78. The first-order valence-corrected chi connectivity index (χ1v) is 10.4. The Morgan fingerprint density at radius 3 is 2.33 bits per heavy atom. The van der Waals surface area contributed by atoms with E-state index in [4.69, 9.17) is 4.74 Å². The molecule has 1 amide bonds. The summed E-state index contributed by atoms with van der Waals surface area (Å²) in [5.41, 5.74) is 3.01. The van der Waals surface area contributed by atoms with Gasteiger partial charge in [-0.05, 0) is 54.1 Å². The third kappa shape index (κ3) is 7.17. The monoisotopic (exact) mass is 437 g/mol. The van der Waals surface area contributed by atoms with Crippen LogP contribution in [0.15, 0.2) is 53.6 Å². The summed E-state index contributed by atoms with van der Waals surface area (Å²) in [6.07, 6.45) is 2.29. The van der Waals surface area contributed by atoms with Crippen molar-refractivity contribution in [1.82, 2.24) is 5.43 Å². The average Bonchev–Trinajstić information content (AvgIpc) is 2.71. The number of nitrogens with one attached hydrogen (secondary N) is 1. The van der Waals surface area contributed by atoms with Gasteiger partial charge in [0.05, 0.1) is 25.3 Å². The maximum Gasteiger partial charge on any atom is 0.343 e. The summed E-state index contributed by atoms with van der Waals surface area (Å²) in [6, 6.07) is 11.2. The SMILES string of the molecule is COC(=O)COc1ccc(/C=N/NC(=O)CN(c2ccc(F)cc2)S(C)(=O)=O)cc1. The molecule has 1 N–H and O–H groups in total. The Hall–Kier alpha value is -3.47. The van der Waals surface area contributed by atoms with Crippen LogP contribution in [0.4, 0.5) is 10.1 Å². The maximum absolute atomic E-state index is 13.1. The topological polar surface area (TPSA) is 114 Å². The number of benzene rings is 2. The molecule has 0 aliphatic heterocycles. The number of halogens is 1. The minimum atomic E-state index is -3.77. The van der Waals surface area contributed by atoms with Gasteiger partial charge in [-0.25, -0.2) is 23.0 Å². The number of anilines is 1. The average molecular weight is 437 g/mol. The number of ether oxygens (including phenoxy) is 2. The van der Waals surface area contributed by atoms with Gasteiger partial charge in [0.2, 0.25) is 10.0 Å². The van der Waals surface area contributed by atoms with Gasteiger partial charge in [0.25, 0.3) is 5.91 Å². The number of methoxy groups -OCH3 is 1. The van der Waals surface area contributed by atoms with Crippen LogP contribution in [0.25, 0.3) is 0 Å². The van der Waals surface area contributed by atoms with Gasteiger partial charge in [0.1, 0.15) is 18.1 Å². The first-order valence-electron chi connectivity index (χ1n) is 8.54. The molecule has 0 atom stereocenters. The Balaban J connectivity index is 1.94. The molecule has 0 heterocycles. The highest BCUT2D eigenvalue weighted by Crippen LogP contribution is 2.17.